The van der Waals surface area contributed by atoms with Crippen LogP contribution in [0.15, 0.2) is 59.4 Å². The summed E-state index contributed by atoms with van der Waals surface area (Å²) >= 11 is 0. The number of likely N-dealkylation sites (N-methyl/N-ethyl adjacent to an activating group) is 1. The second-order valence-electron chi connectivity index (χ2n) is 7.59. The predicted octanol–water partition coefficient (Wildman–Crippen LogP) is 1.95. The first-order valence-electron chi connectivity index (χ1n) is 10.3. The molecule has 0 unspecified atom stereocenters. The number of aromatic nitrogens is 2. The molecule has 0 saturated carbocycles. The van der Waals surface area contributed by atoms with Crippen molar-refractivity contribution in [2.45, 2.75) is 0 Å². The molecular weight excluding hydrogens is 410 g/mol. The van der Waals surface area contributed by atoms with Crippen LogP contribution in [0.3, 0.4) is 0 Å². The van der Waals surface area contributed by atoms with E-state index in [-0.39, 0.29) is 5.69 Å². The number of nitrogens with zero attached hydrogens (tertiary/aromatic N) is 4. The lowest BCUT2D eigenvalue weighted by molar-refractivity contribution is 0.101. The lowest BCUT2D eigenvalue weighted by atomic mass is 10.2. The zero-order valence-corrected chi connectivity index (χ0v) is 18.0. The van der Waals surface area contributed by atoms with Gasteiger partial charge in [0.05, 0.1) is 7.11 Å². The van der Waals surface area contributed by atoms with Crippen LogP contribution in [0.5, 0.6) is 11.5 Å². The number of hydrogen-bond acceptors (Lipinski definition) is 7. The number of para-hydroxylation sites is 2. The molecule has 3 aromatic rings. The van der Waals surface area contributed by atoms with Crippen molar-refractivity contribution in [1.82, 2.24) is 14.7 Å². The Morgan fingerprint density at radius 2 is 1.75 bits per heavy atom. The molecule has 1 aliphatic rings. The van der Waals surface area contributed by atoms with Crippen LogP contribution in [-0.2, 0) is 0 Å². The Morgan fingerprint density at radius 3 is 2.44 bits per heavy atom. The van der Waals surface area contributed by atoms with Crippen LogP contribution in [0.4, 0.5) is 11.4 Å². The van der Waals surface area contributed by atoms with Crippen molar-refractivity contribution in [2.24, 2.45) is 0 Å². The van der Waals surface area contributed by atoms with Crippen molar-refractivity contribution in [2.75, 3.05) is 50.6 Å². The fourth-order valence-electron chi connectivity index (χ4n) is 3.60. The molecule has 0 spiro atoms. The topological polar surface area (TPSA) is 99.9 Å². The number of benzene rings is 2. The van der Waals surface area contributed by atoms with E-state index in [4.69, 9.17) is 4.74 Å². The van der Waals surface area contributed by atoms with Crippen molar-refractivity contribution in [1.29, 1.82) is 0 Å². The molecule has 32 heavy (non-hydrogen) atoms. The van der Waals surface area contributed by atoms with Gasteiger partial charge in [-0.3, -0.25) is 9.59 Å². The van der Waals surface area contributed by atoms with Gasteiger partial charge < -0.3 is 25.0 Å². The zero-order chi connectivity index (χ0) is 22.7. The largest absolute Gasteiger partial charge is 0.505 e. The minimum atomic E-state index is -0.626. The summed E-state index contributed by atoms with van der Waals surface area (Å²) in [5.74, 6) is -0.704. The van der Waals surface area contributed by atoms with E-state index in [0.29, 0.717) is 17.1 Å². The number of hydrogen-bond donors (Lipinski definition) is 2. The number of nitrogens with one attached hydrogen (secondary N) is 1. The molecule has 2 aromatic carbocycles. The maximum atomic E-state index is 12.8. The lowest BCUT2D eigenvalue weighted by Gasteiger charge is -2.34. The number of piperazine rings is 1. The summed E-state index contributed by atoms with van der Waals surface area (Å²) in [6.45, 7) is 3.91. The quantitative estimate of drug-likeness (QED) is 0.632. The van der Waals surface area contributed by atoms with Gasteiger partial charge in [0.1, 0.15) is 11.4 Å². The highest BCUT2D eigenvalue weighted by molar-refractivity contribution is 6.04. The number of rotatable bonds is 5. The van der Waals surface area contributed by atoms with E-state index >= 15 is 0 Å². The molecule has 9 nitrogen and oxygen atoms in total. The molecular formula is C23H25N5O4. The molecule has 1 aromatic heterocycles. The number of anilines is 2. The second-order valence-corrected chi connectivity index (χ2v) is 7.59. The number of methoxy groups -OCH3 is 1. The Bertz CT molecular complexity index is 1170. The monoisotopic (exact) mass is 435 g/mol. The van der Waals surface area contributed by atoms with Gasteiger partial charge in [-0.1, -0.05) is 12.1 Å². The van der Waals surface area contributed by atoms with Gasteiger partial charge in [-0.15, -0.1) is 0 Å². The molecule has 0 atom stereocenters. The van der Waals surface area contributed by atoms with E-state index in [1.165, 1.54) is 7.11 Å². The summed E-state index contributed by atoms with van der Waals surface area (Å²) in [6, 6.07) is 15.3. The van der Waals surface area contributed by atoms with E-state index < -0.39 is 17.2 Å². The highest BCUT2D eigenvalue weighted by Crippen LogP contribution is 2.23. The summed E-state index contributed by atoms with van der Waals surface area (Å²) in [7, 11) is 3.58. The third-order valence-corrected chi connectivity index (χ3v) is 5.43. The molecule has 1 saturated heterocycles. The van der Waals surface area contributed by atoms with Crippen molar-refractivity contribution in [3.8, 4) is 17.2 Å². The van der Waals surface area contributed by atoms with Gasteiger partial charge in [0.25, 0.3) is 11.5 Å². The van der Waals surface area contributed by atoms with Gasteiger partial charge >= 0.3 is 0 Å². The maximum absolute atomic E-state index is 12.8. The summed E-state index contributed by atoms with van der Waals surface area (Å²) in [4.78, 5) is 29.8. The Hall–Kier alpha value is -3.85. The molecule has 9 heteroatoms. The first-order valence-corrected chi connectivity index (χ1v) is 10.3. The molecule has 166 valence electrons. The minimum absolute atomic E-state index is 0.265. The molecule has 0 radical (unpaired) electrons. The molecule has 1 aliphatic heterocycles. The number of ether oxygens (including phenoxy) is 1. The molecule has 0 bridgehead atoms. The zero-order valence-electron chi connectivity index (χ0n) is 18.0. The third kappa shape index (κ3) is 4.42. The number of amides is 1. The number of aromatic hydroxyl groups is 1. The predicted molar refractivity (Wildman–Crippen MR) is 122 cm³/mol. The molecule has 1 fully saturated rings. The second kappa shape index (κ2) is 9.11. The van der Waals surface area contributed by atoms with Crippen molar-refractivity contribution >= 4 is 17.3 Å². The van der Waals surface area contributed by atoms with Crippen LogP contribution < -0.4 is 20.5 Å². The van der Waals surface area contributed by atoms with E-state index in [9.17, 15) is 14.7 Å². The van der Waals surface area contributed by atoms with Crippen LogP contribution in [0.1, 0.15) is 10.5 Å². The Balaban J connectivity index is 1.55. The molecule has 0 aliphatic carbocycles. The van der Waals surface area contributed by atoms with Gasteiger partial charge in [0, 0.05) is 43.6 Å². The normalized spacial score (nSPS) is 14.2. The standard InChI is InChI=1S/C23H25N5O4/c1-26-11-13-27(14-12-26)17-9-7-16(8-10-17)24-23(31)22-19(29)15-21(30)28(25-22)18-5-3-4-6-20(18)32-2/h3-10,15,29H,11-14H2,1-2H3,(H,24,31). The summed E-state index contributed by atoms with van der Waals surface area (Å²) in [6.07, 6.45) is 0. The highest BCUT2D eigenvalue weighted by atomic mass is 16.5. The molecule has 2 heterocycles. The summed E-state index contributed by atoms with van der Waals surface area (Å²) in [5.41, 5.74) is 1.16. The van der Waals surface area contributed by atoms with Crippen molar-refractivity contribution < 1.29 is 14.6 Å². The Morgan fingerprint density at radius 1 is 1.06 bits per heavy atom. The fourth-order valence-corrected chi connectivity index (χ4v) is 3.60. The van der Waals surface area contributed by atoms with Crippen LogP contribution in [0.25, 0.3) is 5.69 Å². The van der Waals surface area contributed by atoms with Crippen molar-refractivity contribution in [3.05, 3.63) is 70.6 Å². The van der Waals surface area contributed by atoms with Gasteiger partial charge in [-0.25, -0.2) is 0 Å². The highest BCUT2D eigenvalue weighted by Gasteiger charge is 2.19. The van der Waals surface area contributed by atoms with Crippen LogP contribution in [-0.4, -0.2) is 66.0 Å². The Labute approximate surface area is 185 Å². The van der Waals surface area contributed by atoms with Gasteiger partial charge in [0.15, 0.2) is 11.4 Å². The van der Waals surface area contributed by atoms with Gasteiger partial charge in [-0.05, 0) is 43.4 Å². The maximum Gasteiger partial charge on any atom is 0.279 e. The Kier molecular flexibility index (Phi) is 6.09. The molecule has 1 amide bonds. The van der Waals surface area contributed by atoms with Crippen LogP contribution >= 0.6 is 0 Å². The van der Waals surface area contributed by atoms with E-state index in [2.05, 4.69) is 27.3 Å². The summed E-state index contributed by atoms with van der Waals surface area (Å²) in [5, 5.41) is 17.0. The average molecular weight is 435 g/mol. The van der Waals surface area contributed by atoms with E-state index in [1.807, 2.05) is 12.1 Å². The minimum Gasteiger partial charge on any atom is -0.505 e. The van der Waals surface area contributed by atoms with Crippen molar-refractivity contribution in [3.63, 3.8) is 0 Å². The molecule has 2 N–H and O–H groups in total. The lowest BCUT2D eigenvalue weighted by Crippen LogP contribution is -2.44. The smallest absolute Gasteiger partial charge is 0.279 e. The first-order chi connectivity index (χ1) is 15.5. The average Bonchev–Trinajstić information content (AvgIpc) is 2.80. The van der Waals surface area contributed by atoms with Gasteiger partial charge in [-0.2, -0.15) is 9.78 Å². The number of carbonyl (C=O) groups is 1. The number of carbonyl (C=O) groups excluding carboxylic acids is 1. The third-order valence-electron chi connectivity index (χ3n) is 5.43. The van der Waals surface area contributed by atoms with E-state index in [0.717, 1.165) is 42.6 Å². The van der Waals surface area contributed by atoms with E-state index in [1.54, 1.807) is 36.4 Å². The van der Waals surface area contributed by atoms with Crippen LogP contribution in [0.2, 0.25) is 0 Å². The summed E-state index contributed by atoms with van der Waals surface area (Å²) < 4.78 is 6.31. The van der Waals surface area contributed by atoms with Crippen LogP contribution in [0, 0.1) is 0 Å². The van der Waals surface area contributed by atoms with Gasteiger partial charge in [0.2, 0.25) is 0 Å². The SMILES string of the molecule is COc1ccccc1-n1nc(C(=O)Nc2ccc(N3CCN(C)CC3)cc2)c(O)cc1=O. The molecule has 4 rings (SSSR count). The fraction of sp³-hybridized carbons (Fsp3) is 0.261. The first kappa shape index (κ1) is 21.4.